The van der Waals surface area contributed by atoms with E-state index in [1.54, 1.807) is 12.1 Å². The number of aryl methyl sites for hydroxylation is 1. The number of aromatic amines is 1. The van der Waals surface area contributed by atoms with Crippen LogP contribution in [-0.4, -0.2) is 10.5 Å². The lowest BCUT2D eigenvalue weighted by molar-refractivity contribution is -0.612. The minimum atomic E-state index is -0.150. The lowest BCUT2D eigenvalue weighted by Gasteiger charge is -2.04. The fourth-order valence-corrected chi connectivity index (χ4v) is 1.57. The van der Waals surface area contributed by atoms with E-state index in [0.717, 1.165) is 10.1 Å². The van der Waals surface area contributed by atoms with Gasteiger partial charge < -0.3 is 15.7 Å². The Morgan fingerprint density at radius 2 is 2.13 bits per heavy atom. The van der Waals surface area contributed by atoms with Gasteiger partial charge in [0.25, 0.3) is 0 Å². The number of fused-ring (bicyclic) bond motifs is 1. The van der Waals surface area contributed by atoms with Crippen molar-refractivity contribution in [2.75, 3.05) is 0 Å². The van der Waals surface area contributed by atoms with Gasteiger partial charge in [-0.1, -0.05) is 6.92 Å². The maximum atomic E-state index is 11.4. The average molecular weight is 208 g/mol. The molecule has 0 spiro atoms. The Balaban J connectivity index is 0.00000112. The Bertz CT molecular complexity index is 534. The van der Waals surface area contributed by atoms with Crippen molar-refractivity contribution in [3.05, 3.63) is 45.7 Å². The fourth-order valence-electron chi connectivity index (χ4n) is 1.57. The minimum absolute atomic E-state index is 0. The van der Waals surface area contributed by atoms with Crippen LogP contribution in [0.25, 0.3) is 10.9 Å². The maximum absolute atomic E-state index is 11.4. The number of rotatable bonds is 1. The normalized spacial score (nSPS) is 9.93. The summed E-state index contributed by atoms with van der Waals surface area (Å²) in [7, 11) is 0. The first-order chi connectivity index (χ1) is 6.72. The van der Waals surface area contributed by atoms with Crippen LogP contribution in [0.5, 0.6) is 0 Å². The van der Waals surface area contributed by atoms with Crippen LogP contribution in [0.2, 0.25) is 0 Å². The molecule has 2 heterocycles. The lowest BCUT2D eigenvalue weighted by atomic mass is 10.1. The average Bonchev–Trinajstić information content (AvgIpc) is 2.18. The van der Waals surface area contributed by atoms with Gasteiger partial charge in [-0.3, -0.25) is 4.79 Å². The first-order valence-electron chi connectivity index (χ1n) is 4.46. The van der Waals surface area contributed by atoms with E-state index in [4.69, 9.17) is 0 Å². The largest absolute Gasteiger partial charge is 0.618 e. The maximum Gasteiger partial charge on any atom is 0.248 e. The Morgan fingerprint density at radius 1 is 1.40 bits per heavy atom. The third-order valence-electron chi connectivity index (χ3n) is 2.24. The van der Waals surface area contributed by atoms with Crippen molar-refractivity contribution < 1.29 is 10.2 Å². The zero-order valence-electron chi connectivity index (χ0n) is 8.28. The van der Waals surface area contributed by atoms with Gasteiger partial charge in [-0.2, -0.15) is 4.73 Å². The van der Waals surface area contributed by atoms with Crippen molar-refractivity contribution in [2.24, 2.45) is 0 Å². The van der Waals surface area contributed by atoms with E-state index in [1.165, 1.54) is 12.3 Å². The third-order valence-corrected chi connectivity index (χ3v) is 2.24. The summed E-state index contributed by atoms with van der Waals surface area (Å²) in [5.74, 6) is 0. The van der Waals surface area contributed by atoms with Crippen LogP contribution in [-0.2, 0) is 6.42 Å². The Kier molecular flexibility index (Phi) is 3.06. The molecule has 5 nitrogen and oxygen atoms in total. The van der Waals surface area contributed by atoms with Gasteiger partial charge >= 0.3 is 0 Å². The zero-order valence-corrected chi connectivity index (χ0v) is 8.28. The van der Waals surface area contributed by atoms with E-state index in [0.29, 0.717) is 17.6 Å². The summed E-state index contributed by atoms with van der Waals surface area (Å²) in [6.45, 7) is 1.91. The monoisotopic (exact) mass is 208 g/mol. The van der Waals surface area contributed by atoms with Gasteiger partial charge in [-0.25, -0.2) is 0 Å². The van der Waals surface area contributed by atoms with Crippen molar-refractivity contribution >= 4 is 10.9 Å². The minimum Gasteiger partial charge on any atom is -0.618 e. The van der Waals surface area contributed by atoms with E-state index in [9.17, 15) is 10.0 Å². The molecule has 0 saturated heterocycles. The molecule has 0 amide bonds. The molecule has 0 fully saturated rings. The summed E-state index contributed by atoms with van der Waals surface area (Å²) in [6.07, 6.45) is 2.06. The second-order valence-corrected chi connectivity index (χ2v) is 3.09. The number of hydrogen-bond donors (Lipinski definition) is 1. The van der Waals surface area contributed by atoms with Gasteiger partial charge in [-0.15, -0.1) is 0 Å². The number of pyridine rings is 2. The van der Waals surface area contributed by atoms with Crippen LogP contribution < -0.4 is 10.3 Å². The van der Waals surface area contributed by atoms with Gasteiger partial charge in [0.2, 0.25) is 11.3 Å². The smallest absolute Gasteiger partial charge is 0.248 e. The van der Waals surface area contributed by atoms with Gasteiger partial charge in [0.05, 0.1) is 10.9 Å². The van der Waals surface area contributed by atoms with Crippen LogP contribution in [0.4, 0.5) is 0 Å². The molecule has 0 saturated carbocycles. The summed E-state index contributed by atoms with van der Waals surface area (Å²) in [6, 6.07) is 4.73. The standard InChI is InChI=1S/C10H10N2O2.H2O/c1-2-9-7-3-4-10(13)11-8(7)5-6-12(9)14;/h3-6H,2H2,1H3,(H,11,13);1H2. The molecular weight excluding hydrogens is 196 g/mol. The summed E-state index contributed by atoms with van der Waals surface area (Å²) >= 11 is 0. The predicted molar refractivity (Wildman–Crippen MR) is 56.5 cm³/mol. The first kappa shape index (κ1) is 11.2. The van der Waals surface area contributed by atoms with Crippen LogP contribution in [0, 0.1) is 5.21 Å². The zero-order chi connectivity index (χ0) is 10.1. The Labute approximate surface area is 85.9 Å². The van der Waals surface area contributed by atoms with E-state index in [-0.39, 0.29) is 11.0 Å². The second kappa shape index (κ2) is 4.10. The van der Waals surface area contributed by atoms with Crippen LogP contribution in [0.15, 0.2) is 29.2 Å². The number of nitrogens with zero attached hydrogens (tertiary/aromatic N) is 1. The van der Waals surface area contributed by atoms with Crippen molar-refractivity contribution in [1.29, 1.82) is 0 Å². The second-order valence-electron chi connectivity index (χ2n) is 3.09. The topological polar surface area (TPSA) is 91.3 Å². The molecule has 0 bridgehead atoms. The summed E-state index contributed by atoms with van der Waals surface area (Å²) in [5, 5.41) is 12.2. The number of aromatic nitrogens is 2. The number of H-pyrrole nitrogens is 1. The Hall–Kier alpha value is -1.88. The molecule has 0 atom stereocenters. The van der Waals surface area contributed by atoms with E-state index >= 15 is 0 Å². The molecule has 80 valence electrons. The molecule has 5 heteroatoms. The van der Waals surface area contributed by atoms with E-state index in [2.05, 4.69) is 4.98 Å². The van der Waals surface area contributed by atoms with Gasteiger partial charge in [0.1, 0.15) is 0 Å². The molecular formula is C10H12N2O3. The lowest BCUT2D eigenvalue weighted by Crippen LogP contribution is -2.31. The summed E-state index contributed by atoms with van der Waals surface area (Å²) in [4.78, 5) is 13.7. The number of hydrogen-bond acceptors (Lipinski definition) is 2. The fraction of sp³-hybridized carbons (Fsp3) is 0.200. The van der Waals surface area contributed by atoms with Crippen molar-refractivity contribution in [2.45, 2.75) is 13.3 Å². The van der Waals surface area contributed by atoms with Crippen LogP contribution in [0.1, 0.15) is 12.6 Å². The highest BCUT2D eigenvalue weighted by Crippen LogP contribution is 2.11. The molecule has 2 aromatic rings. The van der Waals surface area contributed by atoms with Crippen LogP contribution >= 0.6 is 0 Å². The molecule has 0 aliphatic heterocycles. The summed E-state index contributed by atoms with van der Waals surface area (Å²) < 4.78 is 0.834. The van der Waals surface area contributed by atoms with Crippen LogP contribution in [0.3, 0.4) is 0 Å². The highest BCUT2D eigenvalue weighted by atomic mass is 16.5. The molecule has 3 N–H and O–H groups in total. The van der Waals surface area contributed by atoms with E-state index in [1.807, 2.05) is 6.92 Å². The molecule has 2 aromatic heterocycles. The highest BCUT2D eigenvalue weighted by molar-refractivity contribution is 5.79. The molecule has 0 radical (unpaired) electrons. The molecule has 0 unspecified atom stereocenters. The molecule has 0 aliphatic rings. The SMILES string of the molecule is CCc1c2ccc(=O)[nH]c2cc[n+]1[O-].O. The predicted octanol–water partition coefficient (Wildman–Crippen LogP) is -0.101. The van der Waals surface area contributed by atoms with Crippen molar-refractivity contribution in [3.8, 4) is 0 Å². The quantitative estimate of drug-likeness (QED) is 0.523. The van der Waals surface area contributed by atoms with Gasteiger partial charge in [0, 0.05) is 18.6 Å². The molecule has 0 aliphatic carbocycles. The van der Waals surface area contributed by atoms with Gasteiger partial charge in [0.15, 0.2) is 6.20 Å². The van der Waals surface area contributed by atoms with E-state index < -0.39 is 0 Å². The number of nitrogens with one attached hydrogen (secondary N) is 1. The molecule has 2 rings (SSSR count). The van der Waals surface area contributed by atoms with Crippen molar-refractivity contribution in [1.82, 2.24) is 4.98 Å². The van der Waals surface area contributed by atoms with Gasteiger partial charge in [-0.05, 0) is 6.07 Å². The molecule has 0 aromatic carbocycles. The highest BCUT2D eigenvalue weighted by Gasteiger charge is 2.08. The summed E-state index contributed by atoms with van der Waals surface area (Å²) in [5.41, 5.74) is 1.24. The third kappa shape index (κ3) is 1.82. The molecule has 15 heavy (non-hydrogen) atoms. The first-order valence-corrected chi connectivity index (χ1v) is 4.46. The van der Waals surface area contributed by atoms with Crippen molar-refractivity contribution in [3.63, 3.8) is 0 Å². The Morgan fingerprint density at radius 3 is 2.80 bits per heavy atom.